The molecule has 0 aliphatic heterocycles. The first kappa shape index (κ1) is 13.3. The van der Waals surface area contributed by atoms with Gasteiger partial charge in [0.2, 0.25) is 0 Å². The molecule has 0 N–H and O–H groups in total. The average molecular weight is 259 g/mol. The summed E-state index contributed by atoms with van der Waals surface area (Å²) < 4.78 is 11.6. The Kier molecular flexibility index (Phi) is 4.93. The van der Waals surface area contributed by atoms with Crippen LogP contribution >= 0.6 is 0 Å². The van der Waals surface area contributed by atoms with Crippen LogP contribution in [-0.4, -0.2) is 22.5 Å². The summed E-state index contributed by atoms with van der Waals surface area (Å²) in [5, 5.41) is 1.22. The molecule has 18 heavy (non-hydrogen) atoms. The molecule has 0 atom stereocenters. The SMILES string of the molecule is CCO[Si](OCC)c1ccccc1C1=CC=CC1. The fourth-order valence-electron chi connectivity index (χ4n) is 2.05. The lowest BCUT2D eigenvalue weighted by molar-refractivity contribution is 0.225. The van der Waals surface area contributed by atoms with E-state index in [4.69, 9.17) is 8.85 Å². The van der Waals surface area contributed by atoms with Crippen molar-refractivity contribution in [1.29, 1.82) is 0 Å². The molecular formula is C15H19O2Si. The molecular weight excluding hydrogens is 240 g/mol. The molecule has 0 heterocycles. The summed E-state index contributed by atoms with van der Waals surface area (Å²) in [7, 11) is -1.36. The lowest BCUT2D eigenvalue weighted by Crippen LogP contribution is -2.39. The molecule has 2 rings (SSSR count). The quantitative estimate of drug-likeness (QED) is 0.731. The van der Waals surface area contributed by atoms with E-state index >= 15 is 0 Å². The molecule has 0 fully saturated rings. The second kappa shape index (κ2) is 6.68. The summed E-state index contributed by atoms with van der Waals surface area (Å²) in [6.07, 6.45) is 7.47. The van der Waals surface area contributed by atoms with Crippen molar-refractivity contribution in [3.8, 4) is 0 Å². The van der Waals surface area contributed by atoms with E-state index in [-0.39, 0.29) is 0 Å². The third kappa shape index (κ3) is 2.99. The smallest absolute Gasteiger partial charge is 0.390 e. The predicted octanol–water partition coefficient (Wildman–Crippen LogP) is 2.80. The van der Waals surface area contributed by atoms with Crippen LogP contribution in [0.2, 0.25) is 0 Å². The van der Waals surface area contributed by atoms with Crippen LogP contribution in [0, 0.1) is 0 Å². The van der Waals surface area contributed by atoms with E-state index in [2.05, 4.69) is 42.5 Å². The topological polar surface area (TPSA) is 18.5 Å². The standard InChI is InChI=1S/C15H19O2Si/c1-3-16-18(17-4-2)15-12-8-7-11-14(15)13-9-5-6-10-13/h5-9,11-12H,3-4,10H2,1-2H3. The van der Waals surface area contributed by atoms with Crippen LogP contribution in [0.15, 0.2) is 42.5 Å². The zero-order chi connectivity index (χ0) is 12.8. The third-order valence-electron chi connectivity index (χ3n) is 2.82. The Hall–Kier alpha value is -1.16. The minimum Gasteiger partial charge on any atom is -0.390 e. The van der Waals surface area contributed by atoms with Gasteiger partial charge in [0.1, 0.15) is 0 Å². The Bertz CT molecular complexity index is 446. The predicted molar refractivity (Wildman–Crippen MR) is 76.8 cm³/mol. The van der Waals surface area contributed by atoms with Crippen LogP contribution in [0.25, 0.3) is 5.57 Å². The van der Waals surface area contributed by atoms with Gasteiger partial charge in [-0.15, -0.1) is 0 Å². The number of allylic oxidation sites excluding steroid dienone is 4. The fourth-order valence-corrected chi connectivity index (χ4v) is 3.66. The highest BCUT2D eigenvalue weighted by Crippen LogP contribution is 2.22. The van der Waals surface area contributed by atoms with Gasteiger partial charge >= 0.3 is 9.28 Å². The van der Waals surface area contributed by atoms with Gasteiger partial charge in [0.25, 0.3) is 0 Å². The summed E-state index contributed by atoms with van der Waals surface area (Å²) in [6, 6.07) is 8.44. The van der Waals surface area contributed by atoms with Gasteiger partial charge in [-0.1, -0.05) is 42.5 Å². The monoisotopic (exact) mass is 259 g/mol. The van der Waals surface area contributed by atoms with Gasteiger partial charge in [-0.25, -0.2) is 0 Å². The van der Waals surface area contributed by atoms with Crippen LogP contribution in [0.5, 0.6) is 0 Å². The molecule has 1 aromatic carbocycles. The summed E-state index contributed by atoms with van der Waals surface area (Å²) in [5.74, 6) is 0. The molecule has 0 saturated carbocycles. The highest BCUT2D eigenvalue weighted by atomic mass is 28.3. The Morgan fingerprint density at radius 2 is 1.83 bits per heavy atom. The summed E-state index contributed by atoms with van der Waals surface area (Å²) in [5.41, 5.74) is 2.63. The van der Waals surface area contributed by atoms with Crippen molar-refractivity contribution in [1.82, 2.24) is 0 Å². The summed E-state index contributed by atoms with van der Waals surface area (Å²) in [4.78, 5) is 0. The molecule has 1 aliphatic rings. The molecule has 2 nitrogen and oxygen atoms in total. The van der Waals surface area contributed by atoms with Gasteiger partial charge in [-0.05, 0) is 31.4 Å². The summed E-state index contributed by atoms with van der Waals surface area (Å²) >= 11 is 0. The lowest BCUT2D eigenvalue weighted by atomic mass is 10.1. The lowest BCUT2D eigenvalue weighted by Gasteiger charge is -2.17. The maximum absolute atomic E-state index is 5.80. The van der Waals surface area contributed by atoms with Crippen molar-refractivity contribution < 1.29 is 8.85 Å². The highest BCUT2D eigenvalue weighted by molar-refractivity contribution is 6.62. The average Bonchev–Trinajstić information content (AvgIpc) is 2.92. The first-order chi connectivity index (χ1) is 8.86. The molecule has 0 bridgehead atoms. The van der Waals surface area contributed by atoms with Gasteiger partial charge in [0.05, 0.1) is 0 Å². The van der Waals surface area contributed by atoms with Gasteiger partial charge < -0.3 is 8.85 Å². The molecule has 1 aromatic rings. The molecule has 0 amide bonds. The Morgan fingerprint density at radius 1 is 1.11 bits per heavy atom. The normalized spacial score (nSPS) is 14.3. The number of rotatable bonds is 6. The van der Waals surface area contributed by atoms with Crippen molar-refractivity contribution in [3.05, 3.63) is 48.1 Å². The first-order valence-corrected chi connectivity index (χ1v) is 7.76. The van der Waals surface area contributed by atoms with E-state index in [0.29, 0.717) is 13.2 Å². The zero-order valence-electron chi connectivity index (χ0n) is 11.0. The Labute approximate surface area is 111 Å². The van der Waals surface area contributed by atoms with E-state index in [1.54, 1.807) is 0 Å². The number of hydrogen-bond acceptors (Lipinski definition) is 2. The van der Waals surface area contributed by atoms with E-state index in [0.717, 1.165) is 6.42 Å². The van der Waals surface area contributed by atoms with E-state index < -0.39 is 9.28 Å². The summed E-state index contributed by atoms with van der Waals surface area (Å²) in [6.45, 7) is 5.42. The van der Waals surface area contributed by atoms with Crippen LogP contribution < -0.4 is 5.19 Å². The van der Waals surface area contributed by atoms with Crippen LogP contribution in [0.4, 0.5) is 0 Å². The van der Waals surface area contributed by atoms with Crippen LogP contribution in [0.1, 0.15) is 25.8 Å². The maximum atomic E-state index is 5.80. The zero-order valence-corrected chi connectivity index (χ0v) is 12.0. The second-order valence-corrected chi connectivity index (χ2v) is 5.71. The number of hydrogen-bond donors (Lipinski definition) is 0. The number of benzene rings is 1. The van der Waals surface area contributed by atoms with Crippen molar-refractivity contribution in [3.63, 3.8) is 0 Å². The van der Waals surface area contributed by atoms with E-state index in [1.807, 2.05) is 13.8 Å². The van der Waals surface area contributed by atoms with Gasteiger partial charge in [-0.3, -0.25) is 0 Å². The van der Waals surface area contributed by atoms with Crippen LogP contribution in [0.3, 0.4) is 0 Å². The molecule has 0 aromatic heterocycles. The molecule has 0 saturated heterocycles. The van der Waals surface area contributed by atoms with E-state index in [1.165, 1.54) is 16.3 Å². The van der Waals surface area contributed by atoms with Crippen LogP contribution in [-0.2, 0) is 8.85 Å². The molecule has 95 valence electrons. The second-order valence-electron chi connectivity index (χ2n) is 4.02. The van der Waals surface area contributed by atoms with Crippen molar-refractivity contribution >= 4 is 20.0 Å². The molecule has 1 radical (unpaired) electrons. The minimum absolute atomic E-state index is 0.694. The van der Waals surface area contributed by atoms with E-state index in [9.17, 15) is 0 Å². The Balaban J connectivity index is 2.30. The minimum atomic E-state index is -1.36. The molecule has 0 unspecified atom stereocenters. The molecule has 3 heteroatoms. The van der Waals surface area contributed by atoms with Crippen molar-refractivity contribution in [2.24, 2.45) is 0 Å². The van der Waals surface area contributed by atoms with Gasteiger partial charge in [0, 0.05) is 18.4 Å². The maximum Gasteiger partial charge on any atom is 0.424 e. The van der Waals surface area contributed by atoms with Gasteiger partial charge in [0.15, 0.2) is 0 Å². The Morgan fingerprint density at radius 3 is 2.44 bits per heavy atom. The highest BCUT2D eigenvalue weighted by Gasteiger charge is 2.22. The largest absolute Gasteiger partial charge is 0.424 e. The fraction of sp³-hybridized carbons (Fsp3) is 0.333. The van der Waals surface area contributed by atoms with Crippen molar-refractivity contribution in [2.45, 2.75) is 20.3 Å². The molecule has 0 spiro atoms. The third-order valence-corrected chi connectivity index (χ3v) is 4.79. The first-order valence-electron chi connectivity index (χ1n) is 6.44. The van der Waals surface area contributed by atoms with Gasteiger partial charge in [-0.2, -0.15) is 0 Å². The molecule has 1 aliphatic carbocycles. The van der Waals surface area contributed by atoms with Crippen molar-refractivity contribution in [2.75, 3.05) is 13.2 Å².